The number of nitrogens with zero attached hydrogens (tertiary/aromatic N) is 1. The smallest absolute Gasteiger partial charge is 0.207 e. The Labute approximate surface area is 127 Å². The lowest BCUT2D eigenvalue weighted by Gasteiger charge is -2.03. The molecule has 2 aromatic carbocycles. The molecule has 110 valence electrons. The maximum Gasteiger partial charge on any atom is 0.276 e. The van der Waals surface area contributed by atoms with Gasteiger partial charge in [-0.25, -0.2) is 9.22 Å². The third kappa shape index (κ3) is 4.03. The molecule has 21 heavy (non-hydrogen) atoms. The zero-order valence-corrected chi connectivity index (χ0v) is 12.6. The van der Waals surface area contributed by atoms with E-state index in [-0.39, 0.29) is 15.5 Å². The molecule has 0 fully saturated rings. The fourth-order valence-corrected chi connectivity index (χ4v) is 2.51. The molecule has 0 aliphatic heterocycles. The van der Waals surface area contributed by atoms with Gasteiger partial charge in [-0.2, -0.15) is 13.5 Å². The molecule has 0 saturated heterocycles. The third-order valence-corrected chi connectivity index (χ3v) is 4.25. The average Bonchev–Trinajstić information content (AvgIpc) is 2.43. The van der Waals surface area contributed by atoms with Crippen LogP contribution >= 0.6 is 11.6 Å². The Kier molecular flexibility index (Phi) is 4.59. The van der Waals surface area contributed by atoms with Crippen LogP contribution in [0.3, 0.4) is 0 Å². The minimum absolute atomic E-state index is 0.0931. The van der Waals surface area contributed by atoms with Crippen molar-refractivity contribution in [1.29, 1.82) is 0 Å². The number of halogens is 2. The standard InChI is InChI=1S/C14H12ClFN2O2S/c1-10-2-5-13(6-3-10)21(19,20)18-17-9-11-8-12(16)4-7-14(11)15/h2-9,18H,1H3. The van der Waals surface area contributed by atoms with E-state index in [9.17, 15) is 12.8 Å². The summed E-state index contributed by atoms with van der Waals surface area (Å²) in [4.78, 5) is 2.14. The first-order valence-electron chi connectivity index (χ1n) is 5.95. The lowest BCUT2D eigenvalue weighted by molar-refractivity contribution is 0.584. The van der Waals surface area contributed by atoms with Gasteiger partial charge < -0.3 is 0 Å². The van der Waals surface area contributed by atoms with Crippen LogP contribution in [-0.4, -0.2) is 14.6 Å². The number of aryl methyl sites for hydroxylation is 1. The second kappa shape index (κ2) is 6.24. The number of benzene rings is 2. The molecule has 4 nitrogen and oxygen atoms in total. The summed E-state index contributed by atoms with van der Waals surface area (Å²) < 4.78 is 37.0. The molecule has 0 aliphatic rings. The van der Waals surface area contributed by atoms with Crippen LogP contribution in [0.2, 0.25) is 5.02 Å². The quantitative estimate of drug-likeness (QED) is 0.693. The largest absolute Gasteiger partial charge is 0.276 e. The van der Waals surface area contributed by atoms with Crippen LogP contribution in [0.4, 0.5) is 4.39 Å². The lowest BCUT2D eigenvalue weighted by Crippen LogP contribution is -2.18. The molecule has 0 radical (unpaired) electrons. The van der Waals surface area contributed by atoms with Gasteiger partial charge in [0.05, 0.1) is 11.1 Å². The van der Waals surface area contributed by atoms with Crippen molar-refractivity contribution in [1.82, 2.24) is 4.83 Å². The first-order chi connectivity index (χ1) is 9.88. The Balaban J connectivity index is 2.16. The van der Waals surface area contributed by atoms with Crippen LogP contribution in [0.1, 0.15) is 11.1 Å². The number of nitrogens with one attached hydrogen (secondary N) is 1. The lowest BCUT2D eigenvalue weighted by atomic mass is 10.2. The van der Waals surface area contributed by atoms with Gasteiger partial charge in [-0.15, -0.1) is 0 Å². The highest BCUT2D eigenvalue weighted by Gasteiger charge is 2.11. The van der Waals surface area contributed by atoms with E-state index in [0.29, 0.717) is 0 Å². The predicted octanol–water partition coefficient (Wildman–Crippen LogP) is 3.10. The van der Waals surface area contributed by atoms with Crippen LogP contribution in [-0.2, 0) is 10.0 Å². The van der Waals surface area contributed by atoms with Crippen molar-refractivity contribution in [2.24, 2.45) is 5.10 Å². The normalized spacial score (nSPS) is 11.8. The van der Waals surface area contributed by atoms with Crippen molar-refractivity contribution in [2.45, 2.75) is 11.8 Å². The molecule has 0 atom stereocenters. The van der Waals surface area contributed by atoms with Crippen molar-refractivity contribution < 1.29 is 12.8 Å². The zero-order chi connectivity index (χ0) is 15.5. The van der Waals surface area contributed by atoms with Crippen molar-refractivity contribution in [3.8, 4) is 0 Å². The fourth-order valence-electron chi connectivity index (χ4n) is 1.55. The summed E-state index contributed by atoms with van der Waals surface area (Å²) >= 11 is 5.85. The summed E-state index contributed by atoms with van der Waals surface area (Å²) in [5, 5.41) is 3.87. The topological polar surface area (TPSA) is 58.5 Å². The summed E-state index contributed by atoms with van der Waals surface area (Å²) in [7, 11) is -3.75. The summed E-state index contributed by atoms with van der Waals surface area (Å²) in [6.07, 6.45) is 1.15. The van der Waals surface area contributed by atoms with E-state index in [2.05, 4.69) is 9.93 Å². The monoisotopic (exact) mass is 326 g/mol. The van der Waals surface area contributed by atoms with Crippen molar-refractivity contribution in [2.75, 3.05) is 0 Å². The third-order valence-electron chi connectivity index (χ3n) is 2.67. The van der Waals surface area contributed by atoms with Gasteiger partial charge in [-0.05, 0) is 37.3 Å². The van der Waals surface area contributed by atoms with E-state index < -0.39 is 15.8 Å². The van der Waals surface area contributed by atoms with Crippen LogP contribution in [0, 0.1) is 12.7 Å². The van der Waals surface area contributed by atoms with Crippen molar-refractivity contribution in [3.05, 3.63) is 64.4 Å². The molecule has 1 N–H and O–H groups in total. The maximum atomic E-state index is 13.1. The van der Waals surface area contributed by atoms with Crippen molar-refractivity contribution in [3.63, 3.8) is 0 Å². The fraction of sp³-hybridized carbons (Fsp3) is 0.0714. The highest BCUT2D eigenvalue weighted by Crippen LogP contribution is 2.15. The molecular formula is C14H12ClFN2O2S. The van der Waals surface area contributed by atoms with E-state index in [1.54, 1.807) is 12.1 Å². The summed E-state index contributed by atoms with van der Waals surface area (Å²) in [6.45, 7) is 1.86. The molecule has 0 amide bonds. The molecule has 2 aromatic rings. The molecule has 0 bridgehead atoms. The molecular weight excluding hydrogens is 315 g/mol. The van der Waals surface area contributed by atoms with Crippen molar-refractivity contribution >= 4 is 27.8 Å². The number of hydrogen-bond acceptors (Lipinski definition) is 3. The number of rotatable bonds is 4. The van der Waals surface area contributed by atoms with E-state index in [1.807, 2.05) is 6.92 Å². The van der Waals surface area contributed by atoms with Crippen LogP contribution in [0.15, 0.2) is 52.5 Å². The van der Waals surface area contributed by atoms with Crippen LogP contribution in [0.25, 0.3) is 0 Å². The highest BCUT2D eigenvalue weighted by molar-refractivity contribution is 7.89. The highest BCUT2D eigenvalue weighted by atomic mass is 35.5. The molecule has 0 spiro atoms. The summed E-state index contributed by atoms with van der Waals surface area (Å²) in [6, 6.07) is 10.0. The second-order valence-corrected chi connectivity index (χ2v) is 6.40. The minimum Gasteiger partial charge on any atom is -0.207 e. The number of hydrazone groups is 1. The first-order valence-corrected chi connectivity index (χ1v) is 7.81. The SMILES string of the molecule is Cc1ccc(S(=O)(=O)NN=Cc2cc(F)ccc2Cl)cc1. The molecule has 7 heteroatoms. The Morgan fingerprint density at radius 3 is 2.52 bits per heavy atom. The van der Waals surface area contributed by atoms with Gasteiger partial charge in [-0.3, -0.25) is 0 Å². The molecule has 0 unspecified atom stereocenters. The Morgan fingerprint density at radius 1 is 1.19 bits per heavy atom. The van der Waals surface area contributed by atoms with Gasteiger partial charge in [0.1, 0.15) is 5.82 Å². The van der Waals surface area contributed by atoms with E-state index in [4.69, 9.17) is 11.6 Å². The second-order valence-electron chi connectivity index (χ2n) is 4.33. The summed E-state index contributed by atoms with van der Waals surface area (Å²) in [5.74, 6) is -0.484. The average molecular weight is 327 g/mol. The molecule has 0 heterocycles. The Hall–Kier alpha value is -1.92. The number of hydrogen-bond donors (Lipinski definition) is 1. The predicted molar refractivity (Wildman–Crippen MR) is 80.5 cm³/mol. The Morgan fingerprint density at radius 2 is 1.86 bits per heavy atom. The Bertz CT molecular complexity index is 774. The van der Waals surface area contributed by atoms with Gasteiger partial charge in [0.25, 0.3) is 10.0 Å². The number of sulfonamides is 1. The molecule has 0 aromatic heterocycles. The summed E-state index contributed by atoms with van der Waals surface area (Å²) in [5.41, 5.74) is 1.23. The molecule has 0 aliphatic carbocycles. The van der Waals surface area contributed by atoms with Gasteiger partial charge >= 0.3 is 0 Å². The molecule has 0 saturated carbocycles. The van der Waals surface area contributed by atoms with Gasteiger partial charge in [0.2, 0.25) is 0 Å². The van der Waals surface area contributed by atoms with Crippen LogP contribution < -0.4 is 4.83 Å². The van der Waals surface area contributed by atoms with Gasteiger partial charge in [-0.1, -0.05) is 29.3 Å². The van der Waals surface area contributed by atoms with E-state index in [0.717, 1.165) is 17.8 Å². The van der Waals surface area contributed by atoms with E-state index in [1.165, 1.54) is 24.3 Å². The first kappa shape index (κ1) is 15.5. The van der Waals surface area contributed by atoms with Gasteiger partial charge in [0, 0.05) is 10.6 Å². The maximum absolute atomic E-state index is 13.1. The zero-order valence-electron chi connectivity index (χ0n) is 11.0. The van der Waals surface area contributed by atoms with E-state index >= 15 is 0 Å². The molecule has 2 rings (SSSR count). The van der Waals surface area contributed by atoms with Crippen LogP contribution in [0.5, 0.6) is 0 Å². The van der Waals surface area contributed by atoms with Gasteiger partial charge in [0.15, 0.2) is 0 Å². The minimum atomic E-state index is -3.75.